The molecule has 0 saturated heterocycles. The second kappa shape index (κ2) is 3.80. The first kappa shape index (κ1) is 11.2. The molecule has 0 atom stereocenters. The summed E-state index contributed by atoms with van der Waals surface area (Å²) in [5, 5.41) is 7.73. The van der Waals surface area contributed by atoms with Crippen LogP contribution in [0, 0.1) is 13.8 Å². The van der Waals surface area contributed by atoms with Crippen molar-refractivity contribution in [1.82, 2.24) is 19.8 Å². The Kier molecular flexibility index (Phi) is 2.36. The number of aryl methyl sites for hydroxylation is 3. The van der Waals surface area contributed by atoms with Gasteiger partial charge in [-0.2, -0.15) is 9.36 Å². The molecule has 1 saturated carbocycles. The van der Waals surface area contributed by atoms with Gasteiger partial charge in [-0.1, -0.05) is 6.07 Å². The summed E-state index contributed by atoms with van der Waals surface area (Å²) in [6.07, 6.45) is 2.40. The first-order valence-corrected chi connectivity index (χ1v) is 6.18. The highest BCUT2D eigenvalue weighted by Gasteiger charge is 2.28. The van der Waals surface area contributed by atoms with E-state index in [9.17, 15) is 4.79 Å². The molecule has 1 aliphatic carbocycles. The van der Waals surface area contributed by atoms with Gasteiger partial charge >= 0.3 is 5.69 Å². The average Bonchev–Trinajstić information content (AvgIpc) is 3.12. The lowest BCUT2D eigenvalue weighted by Crippen LogP contribution is -2.23. The second-order valence-corrected chi connectivity index (χ2v) is 5.07. The molecule has 0 amide bonds. The molecular weight excluding hydrogens is 228 g/mol. The van der Waals surface area contributed by atoms with Crippen molar-refractivity contribution in [1.29, 1.82) is 0 Å². The van der Waals surface area contributed by atoms with Gasteiger partial charge in [-0.3, -0.25) is 0 Å². The van der Waals surface area contributed by atoms with Gasteiger partial charge in [-0.25, -0.2) is 4.79 Å². The number of hydrogen-bond acceptors (Lipinski definition) is 3. The molecule has 0 bridgehead atoms. The van der Waals surface area contributed by atoms with Gasteiger partial charge in [0.15, 0.2) is 0 Å². The highest BCUT2D eigenvalue weighted by Crippen LogP contribution is 2.43. The zero-order chi connectivity index (χ0) is 12.9. The minimum absolute atomic E-state index is 0.194. The average molecular weight is 244 g/mol. The SMILES string of the molecule is Cc1cc(C2CC2)c(-n2nnn(C)c2=O)cc1C. The Morgan fingerprint density at radius 1 is 1.17 bits per heavy atom. The van der Waals surface area contributed by atoms with Crippen LogP contribution in [0.3, 0.4) is 0 Å². The maximum absolute atomic E-state index is 12.0. The topological polar surface area (TPSA) is 52.7 Å². The molecule has 0 unspecified atom stereocenters. The number of hydrogen-bond donors (Lipinski definition) is 0. The van der Waals surface area contributed by atoms with Crippen LogP contribution in [-0.4, -0.2) is 19.8 Å². The summed E-state index contributed by atoms with van der Waals surface area (Å²) < 4.78 is 2.66. The molecule has 3 rings (SSSR count). The van der Waals surface area contributed by atoms with Gasteiger partial charge in [0.25, 0.3) is 0 Å². The standard InChI is InChI=1S/C13H16N4O/c1-8-6-11(10-4-5-10)12(7-9(8)2)17-13(18)16(3)14-15-17/h6-7,10H,4-5H2,1-3H3. The van der Waals surface area contributed by atoms with E-state index >= 15 is 0 Å². The molecule has 94 valence electrons. The summed E-state index contributed by atoms with van der Waals surface area (Å²) in [7, 11) is 1.61. The molecule has 5 heteroatoms. The molecule has 1 aromatic carbocycles. The highest BCUT2D eigenvalue weighted by atomic mass is 16.2. The predicted octanol–water partition coefficient (Wildman–Crippen LogP) is 1.46. The van der Waals surface area contributed by atoms with Crippen LogP contribution in [0.1, 0.15) is 35.4 Å². The molecule has 18 heavy (non-hydrogen) atoms. The third kappa shape index (κ3) is 1.66. The summed E-state index contributed by atoms with van der Waals surface area (Å²) >= 11 is 0. The van der Waals surface area contributed by atoms with E-state index in [1.165, 1.54) is 38.9 Å². The summed E-state index contributed by atoms with van der Waals surface area (Å²) in [6.45, 7) is 4.15. The Morgan fingerprint density at radius 2 is 1.83 bits per heavy atom. The van der Waals surface area contributed by atoms with Crippen molar-refractivity contribution in [2.45, 2.75) is 32.6 Å². The highest BCUT2D eigenvalue weighted by molar-refractivity contribution is 5.49. The monoisotopic (exact) mass is 244 g/mol. The van der Waals surface area contributed by atoms with Crippen LogP contribution in [0.2, 0.25) is 0 Å². The summed E-state index contributed by atoms with van der Waals surface area (Å²) in [4.78, 5) is 12.0. The molecule has 0 aliphatic heterocycles. The van der Waals surface area contributed by atoms with Crippen LogP contribution in [0.5, 0.6) is 0 Å². The van der Waals surface area contributed by atoms with E-state index in [-0.39, 0.29) is 5.69 Å². The van der Waals surface area contributed by atoms with Gasteiger partial charge in [0.1, 0.15) is 0 Å². The molecule has 0 radical (unpaired) electrons. The third-order valence-corrected chi connectivity index (χ3v) is 3.61. The quantitative estimate of drug-likeness (QED) is 0.803. The molecule has 1 fully saturated rings. The van der Waals surface area contributed by atoms with Gasteiger partial charge < -0.3 is 0 Å². The number of aromatic nitrogens is 4. The van der Waals surface area contributed by atoms with Crippen LogP contribution in [0.15, 0.2) is 16.9 Å². The van der Waals surface area contributed by atoms with Crippen molar-refractivity contribution in [3.05, 3.63) is 39.3 Å². The minimum atomic E-state index is -0.194. The van der Waals surface area contributed by atoms with E-state index in [2.05, 4.69) is 30.3 Å². The summed E-state index contributed by atoms with van der Waals surface area (Å²) in [6, 6.07) is 4.22. The Bertz CT molecular complexity index is 664. The lowest BCUT2D eigenvalue weighted by atomic mass is 10.0. The van der Waals surface area contributed by atoms with E-state index in [0.717, 1.165) is 5.69 Å². The van der Waals surface area contributed by atoms with Gasteiger partial charge in [-0.15, -0.1) is 0 Å². The smallest absolute Gasteiger partial charge is 0.244 e. The molecule has 1 aliphatic rings. The van der Waals surface area contributed by atoms with Crippen molar-refractivity contribution in [2.24, 2.45) is 7.05 Å². The summed E-state index contributed by atoms with van der Waals surface area (Å²) in [5.41, 5.74) is 4.35. The zero-order valence-electron chi connectivity index (χ0n) is 10.8. The summed E-state index contributed by atoms with van der Waals surface area (Å²) in [5.74, 6) is 0.577. The van der Waals surface area contributed by atoms with Gasteiger partial charge in [0, 0.05) is 7.05 Å². The van der Waals surface area contributed by atoms with Crippen molar-refractivity contribution >= 4 is 0 Å². The lowest BCUT2D eigenvalue weighted by molar-refractivity contribution is 0.692. The fourth-order valence-corrected chi connectivity index (χ4v) is 2.19. The predicted molar refractivity (Wildman–Crippen MR) is 68.0 cm³/mol. The van der Waals surface area contributed by atoms with E-state index < -0.39 is 0 Å². The molecule has 0 N–H and O–H groups in total. The van der Waals surface area contributed by atoms with E-state index in [4.69, 9.17) is 0 Å². The van der Waals surface area contributed by atoms with Crippen molar-refractivity contribution in [2.75, 3.05) is 0 Å². The number of rotatable bonds is 2. The first-order valence-electron chi connectivity index (χ1n) is 6.18. The van der Waals surface area contributed by atoms with Gasteiger partial charge in [0.05, 0.1) is 5.69 Å². The van der Waals surface area contributed by atoms with Crippen LogP contribution >= 0.6 is 0 Å². The zero-order valence-corrected chi connectivity index (χ0v) is 10.8. The lowest BCUT2D eigenvalue weighted by Gasteiger charge is -2.10. The molecule has 1 heterocycles. The third-order valence-electron chi connectivity index (χ3n) is 3.61. The number of tetrazole rings is 1. The maximum Gasteiger partial charge on any atom is 0.368 e. The first-order chi connectivity index (χ1) is 8.58. The van der Waals surface area contributed by atoms with E-state index in [1.54, 1.807) is 7.05 Å². The normalized spacial score (nSPS) is 15.1. The molecule has 5 nitrogen and oxygen atoms in total. The van der Waals surface area contributed by atoms with Crippen molar-refractivity contribution in [3.8, 4) is 5.69 Å². The molecule has 2 aromatic rings. The van der Waals surface area contributed by atoms with Crippen molar-refractivity contribution in [3.63, 3.8) is 0 Å². The molecule has 0 spiro atoms. The Labute approximate surface area is 105 Å². The van der Waals surface area contributed by atoms with Gasteiger partial charge in [0.2, 0.25) is 0 Å². The fourth-order valence-electron chi connectivity index (χ4n) is 2.19. The Morgan fingerprint density at radius 3 is 2.39 bits per heavy atom. The number of benzene rings is 1. The molecular formula is C13H16N4O. The van der Waals surface area contributed by atoms with Gasteiger partial charge in [-0.05, 0) is 65.8 Å². The minimum Gasteiger partial charge on any atom is -0.244 e. The van der Waals surface area contributed by atoms with Crippen LogP contribution < -0.4 is 5.69 Å². The second-order valence-electron chi connectivity index (χ2n) is 5.07. The van der Waals surface area contributed by atoms with Crippen LogP contribution in [0.25, 0.3) is 5.69 Å². The van der Waals surface area contributed by atoms with E-state index in [0.29, 0.717) is 5.92 Å². The Hall–Kier alpha value is -1.91. The van der Waals surface area contributed by atoms with E-state index in [1.807, 2.05) is 6.07 Å². The van der Waals surface area contributed by atoms with Crippen LogP contribution in [-0.2, 0) is 7.05 Å². The largest absolute Gasteiger partial charge is 0.368 e. The van der Waals surface area contributed by atoms with Crippen molar-refractivity contribution < 1.29 is 0 Å². The van der Waals surface area contributed by atoms with Crippen LogP contribution in [0.4, 0.5) is 0 Å². The molecule has 1 aromatic heterocycles. The number of nitrogens with zero attached hydrogens (tertiary/aromatic N) is 4. The maximum atomic E-state index is 12.0. The fraction of sp³-hybridized carbons (Fsp3) is 0.462. The Balaban J connectivity index is 2.24.